The molecule has 0 radical (unpaired) electrons. The molecule has 0 spiro atoms. The zero-order valence-corrected chi connectivity index (χ0v) is 12.5. The van der Waals surface area contributed by atoms with Crippen molar-refractivity contribution in [2.75, 3.05) is 0 Å². The number of carboxylic acids is 1. The third-order valence-corrected chi connectivity index (χ3v) is 3.25. The van der Waals surface area contributed by atoms with Crippen LogP contribution >= 0.6 is 0 Å². The van der Waals surface area contributed by atoms with Crippen molar-refractivity contribution < 1.29 is 14.6 Å². The Morgan fingerprint density at radius 1 is 1.24 bits per heavy atom. The van der Waals surface area contributed by atoms with E-state index in [1.165, 1.54) is 0 Å². The van der Waals surface area contributed by atoms with Crippen LogP contribution in [0.1, 0.15) is 39.9 Å². The van der Waals surface area contributed by atoms with Gasteiger partial charge in [0.2, 0.25) is 0 Å². The number of aromatic carboxylic acids is 1. The van der Waals surface area contributed by atoms with Gasteiger partial charge in [0.1, 0.15) is 5.56 Å². The standard InChI is InChI=1S/C15H17N3O3/c1-5-11-12(7-6-8(2)16-11)21-14-13(15(19)20)9(3)10(4)17-18-14/h6-7H,5H2,1-4H3,(H,19,20). The van der Waals surface area contributed by atoms with Gasteiger partial charge in [-0.3, -0.25) is 4.98 Å². The van der Waals surface area contributed by atoms with Gasteiger partial charge in [0.05, 0.1) is 11.4 Å². The van der Waals surface area contributed by atoms with Gasteiger partial charge in [-0.2, -0.15) is 5.10 Å². The molecule has 0 aliphatic carbocycles. The van der Waals surface area contributed by atoms with Gasteiger partial charge in [0.25, 0.3) is 5.88 Å². The predicted octanol–water partition coefficient (Wildman–Crippen LogP) is 2.85. The van der Waals surface area contributed by atoms with Gasteiger partial charge in [0.15, 0.2) is 5.75 Å². The fourth-order valence-electron chi connectivity index (χ4n) is 1.96. The SMILES string of the molecule is CCc1nc(C)ccc1Oc1nnc(C)c(C)c1C(=O)O. The van der Waals surface area contributed by atoms with Gasteiger partial charge in [-0.25, -0.2) is 4.79 Å². The molecule has 1 N–H and O–H groups in total. The average molecular weight is 287 g/mol. The Kier molecular flexibility index (Phi) is 4.16. The quantitative estimate of drug-likeness (QED) is 0.930. The van der Waals surface area contributed by atoms with Crippen molar-refractivity contribution in [3.8, 4) is 11.6 Å². The number of carbonyl (C=O) groups is 1. The lowest BCUT2D eigenvalue weighted by molar-refractivity contribution is 0.0692. The number of ether oxygens (including phenoxy) is 1. The molecule has 0 saturated heterocycles. The highest BCUT2D eigenvalue weighted by molar-refractivity contribution is 5.92. The second-order valence-electron chi connectivity index (χ2n) is 4.75. The van der Waals surface area contributed by atoms with E-state index in [0.717, 1.165) is 11.4 Å². The highest BCUT2D eigenvalue weighted by Crippen LogP contribution is 2.28. The minimum Gasteiger partial charge on any atom is -0.477 e. The van der Waals surface area contributed by atoms with Crippen LogP contribution < -0.4 is 4.74 Å². The lowest BCUT2D eigenvalue weighted by Crippen LogP contribution is -2.09. The van der Waals surface area contributed by atoms with E-state index < -0.39 is 5.97 Å². The lowest BCUT2D eigenvalue weighted by Gasteiger charge is -2.12. The number of pyridine rings is 1. The summed E-state index contributed by atoms with van der Waals surface area (Å²) in [6, 6.07) is 3.58. The first kappa shape index (κ1) is 14.9. The molecule has 110 valence electrons. The first-order chi connectivity index (χ1) is 9.93. The molecule has 0 amide bonds. The van der Waals surface area contributed by atoms with Crippen LogP contribution in [0.25, 0.3) is 0 Å². The maximum Gasteiger partial charge on any atom is 0.341 e. The Balaban J connectivity index is 2.50. The summed E-state index contributed by atoms with van der Waals surface area (Å²) >= 11 is 0. The van der Waals surface area contributed by atoms with Crippen LogP contribution in [0, 0.1) is 20.8 Å². The molecule has 0 atom stereocenters. The van der Waals surface area contributed by atoms with Gasteiger partial charge in [-0.05, 0) is 44.9 Å². The van der Waals surface area contributed by atoms with Crippen LogP contribution in [0.5, 0.6) is 11.6 Å². The number of hydrogen-bond donors (Lipinski definition) is 1. The molecule has 0 fully saturated rings. The van der Waals surface area contributed by atoms with Crippen molar-refractivity contribution in [1.29, 1.82) is 0 Å². The molecule has 0 bridgehead atoms. The van der Waals surface area contributed by atoms with Crippen molar-refractivity contribution in [2.24, 2.45) is 0 Å². The summed E-state index contributed by atoms with van der Waals surface area (Å²) in [7, 11) is 0. The summed E-state index contributed by atoms with van der Waals surface area (Å²) in [6.45, 7) is 7.25. The minimum atomic E-state index is -1.08. The van der Waals surface area contributed by atoms with Crippen LogP contribution in [0.15, 0.2) is 12.1 Å². The summed E-state index contributed by atoms with van der Waals surface area (Å²) in [5.41, 5.74) is 2.78. The molecule has 2 heterocycles. The Bertz CT molecular complexity index is 699. The topological polar surface area (TPSA) is 85.2 Å². The molecule has 0 aromatic carbocycles. The van der Waals surface area contributed by atoms with Gasteiger partial charge < -0.3 is 9.84 Å². The number of aromatic nitrogens is 3. The van der Waals surface area contributed by atoms with E-state index in [2.05, 4.69) is 15.2 Å². The predicted molar refractivity (Wildman–Crippen MR) is 76.9 cm³/mol. The molecule has 0 saturated carbocycles. The molecule has 0 aliphatic rings. The molecular formula is C15H17N3O3. The van der Waals surface area contributed by atoms with Gasteiger partial charge in [0, 0.05) is 5.69 Å². The number of rotatable bonds is 4. The second-order valence-corrected chi connectivity index (χ2v) is 4.75. The Hall–Kier alpha value is -2.50. The normalized spacial score (nSPS) is 10.5. The molecule has 0 unspecified atom stereocenters. The van der Waals surface area contributed by atoms with Gasteiger partial charge >= 0.3 is 5.97 Å². The molecule has 2 aromatic rings. The fraction of sp³-hybridized carbons (Fsp3) is 0.333. The summed E-state index contributed by atoms with van der Waals surface area (Å²) < 4.78 is 5.67. The fourth-order valence-corrected chi connectivity index (χ4v) is 1.96. The van der Waals surface area contributed by atoms with E-state index in [-0.39, 0.29) is 11.4 Å². The minimum absolute atomic E-state index is 0.00838. The van der Waals surface area contributed by atoms with Crippen LogP contribution in [0.2, 0.25) is 0 Å². The molecule has 6 nitrogen and oxygen atoms in total. The Morgan fingerprint density at radius 2 is 1.95 bits per heavy atom. The Morgan fingerprint density at radius 3 is 2.57 bits per heavy atom. The smallest absolute Gasteiger partial charge is 0.341 e. The van der Waals surface area contributed by atoms with E-state index in [0.29, 0.717) is 23.4 Å². The summed E-state index contributed by atoms with van der Waals surface area (Å²) in [6.07, 6.45) is 0.678. The van der Waals surface area contributed by atoms with Gasteiger partial charge in [-0.1, -0.05) is 6.92 Å². The number of carboxylic acid groups (broad SMARTS) is 1. The summed E-state index contributed by atoms with van der Waals surface area (Å²) in [5, 5.41) is 17.2. The lowest BCUT2D eigenvalue weighted by atomic mass is 10.1. The van der Waals surface area contributed by atoms with Crippen LogP contribution in [0.4, 0.5) is 0 Å². The van der Waals surface area contributed by atoms with E-state index in [1.54, 1.807) is 19.9 Å². The first-order valence-corrected chi connectivity index (χ1v) is 6.65. The molecular weight excluding hydrogens is 270 g/mol. The van der Waals surface area contributed by atoms with Crippen molar-refractivity contribution in [1.82, 2.24) is 15.2 Å². The van der Waals surface area contributed by atoms with Crippen LogP contribution in [-0.2, 0) is 6.42 Å². The summed E-state index contributed by atoms with van der Waals surface area (Å²) in [4.78, 5) is 15.8. The molecule has 0 aliphatic heterocycles. The second kappa shape index (κ2) is 5.87. The number of nitrogens with zero attached hydrogens (tertiary/aromatic N) is 3. The highest BCUT2D eigenvalue weighted by atomic mass is 16.5. The van der Waals surface area contributed by atoms with E-state index in [1.807, 2.05) is 19.9 Å². The van der Waals surface area contributed by atoms with Crippen LogP contribution in [-0.4, -0.2) is 26.3 Å². The number of hydrogen-bond acceptors (Lipinski definition) is 5. The first-order valence-electron chi connectivity index (χ1n) is 6.65. The van der Waals surface area contributed by atoms with Gasteiger partial charge in [-0.15, -0.1) is 5.10 Å². The maximum atomic E-state index is 11.4. The van der Waals surface area contributed by atoms with Crippen molar-refractivity contribution in [2.45, 2.75) is 34.1 Å². The molecule has 6 heteroatoms. The highest BCUT2D eigenvalue weighted by Gasteiger charge is 2.20. The summed E-state index contributed by atoms with van der Waals surface area (Å²) in [5.74, 6) is -0.590. The third-order valence-electron chi connectivity index (χ3n) is 3.25. The maximum absolute atomic E-state index is 11.4. The molecule has 21 heavy (non-hydrogen) atoms. The molecule has 2 aromatic heterocycles. The zero-order valence-electron chi connectivity index (χ0n) is 12.5. The molecule has 2 rings (SSSR count). The van der Waals surface area contributed by atoms with Crippen LogP contribution in [0.3, 0.4) is 0 Å². The largest absolute Gasteiger partial charge is 0.477 e. The number of aryl methyl sites for hydroxylation is 3. The Labute approximate surface area is 122 Å². The third kappa shape index (κ3) is 2.99. The average Bonchev–Trinajstić information content (AvgIpc) is 2.44. The van der Waals surface area contributed by atoms with E-state index in [4.69, 9.17) is 4.74 Å². The van der Waals surface area contributed by atoms with E-state index >= 15 is 0 Å². The zero-order chi connectivity index (χ0) is 15.6. The van der Waals surface area contributed by atoms with E-state index in [9.17, 15) is 9.90 Å². The van der Waals surface area contributed by atoms with Crippen molar-refractivity contribution in [3.63, 3.8) is 0 Å². The monoisotopic (exact) mass is 287 g/mol. The van der Waals surface area contributed by atoms with Crippen molar-refractivity contribution >= 4 is 5.97 Å². The van der Waals surface area contributed by atoms with Crippen molar-refractivity contribution in [3.05, 3.63) is 40.3 Å².